The second kappa shape index (κ2) is 4.99. The van der Waals surface area contributed by atoms with E-state index in [1.807, 2.05) is 12.2 Å². The zero-order valence-electron chi connectivity index (χ0n) is 11.0. The molecule has 3 aliphatic rings. The Morgan fingerprint density at radius 2 is 1.63 bits per heavy atom. The van der Waals surface area contributed by atoms with Crippen LogP contribution in [0.5, 0.6) is 0 Å². The van der Waals surface area contributed by atoms with Crippen LogP contribution in [-0.4, -0.2) is 23.0 Å². The summed E-state index contributed by atoms with van der Waals surface area (Å²) in [6.45, 7) is 0. The molecule has 4 heteroatoms. The van der Waals surface area contributed by atoms with Crippen LogP contribution in [0.1, 0.15) is 38.5 Å². The van der Waals surface area contributed by atoms with Crippen molar-refractivity contribution in [1.29, 1.82) is 0 Å². The molecule has 0 aliphatic heterocycles. The van der Waals surface area contributed by atoms with Crippen LogP contribution in [0, 0.1) is 23.7 Å². The summed E-state index contributed by atoms with van der Waals surface area (Å²) in [6.07, 6.45) is 10.5. The maximum absolute atomic E-state index is 12.4. The van der Waals surface area contributed by atoms with Gasteiger partial charge in [0.25, 0.3) is 0 Å². The first-order valence-corrected chi connectivity index (χ1v) is 7.38. The predicted octanol–water partition coefficient (Wildman–Crippen LogP) is 1.96. The summed E-state index contributed by atoms with van der Waals surface area (Å²) in [5, 5.41) is 12.4. The summed E-state index contributed by atoms with van der Waals surface area (Å²) >= 11 is 0. The molecule has 0 aromatic carbocycles. The lowest BCUT2D eigenvalue weighted by molar-refractivity contribution is -0.148. The monoisotopic (exact) mass is 263 g/mol. The predicted molar refractivity (Wildman–Crippen MR) is 70.4 cm³/mol. The van der Waals surface area contributed by atoms with Crippen molar-refractivity contribution in [3.05, 3.63) is 12.2 Å². The fourth-order valence-electron chi connectivity index (χ4n) is 4.06. The Labute approximate surface area is 113 Å². The van der Waals surface area contributed by atoms with E-state index in [9.17, 15) is 14.7 Å². The summed E-state index contributed by atoms with van der Waals surface area (Å²) in [6, 6.07) is 0.263. The van der Waals surface area contributed by atoms with Crippen molar-refractivity contribution in [3.8, 4) is 0 Å². The molecule has 19 heavy (non-hydrogen) atoms. The van der Waals surface area contributed by atoms with Crippen molar-refractivity contribution in [3.63, 3.8) is 0 Å². The molecule has 4 atom stereocenters. The molecule has 3 rings (SSSR count). The van der Waals surface area contributed by atoms with Gasteiger partial charge in [-0.2, -0.15) is 0 Å². The minimum atomic E-state index is -0.819. The normalized spacial score (nSPS) is 37.5. The van der Waals surface area contributed by atoms with Crippen molar-refractivity contribution < 1.29 is 14.7 Å². The second-order valence-electron chi connectivity index (χ2n) is 6.18. The molecule has 2 N–H and O–H groups in total. The second-order valence-corrected chi connectivity index (χ2v) is 6.18. The number of carboxylic acid groups (broad SMARTS) is 1. The minimum absolute atomic E-state index is 0.0313. The van der Waals surface area contributed by atoms with Crippen molar-refractivity contribution in [2.45, 2.75) is 44.6 Å². The van der Waals surface area contributed by atoms with E-state index in [0.717, 1.165) is 19.3 Å². The summed E-state index contributed by atoms with van der Waals surface area (Å²) in [7, 11) is 0. The Bertz CT molecular complexity index is 412. The van der Waals surface area contributed by atoms with E-state index in [0.29, 0.717) is 0 Å². The summed E-state index contributed by atoms with van der Waals surface area (Å²) < 4.78 is 0. The molecule has 0 heterocycles. The molecule has 4 unspecified atom stereocenters. The molecule has 0 aromatic rings. The molecule has 2 saturated carbocycles. The third kappa shape index (κ3) is 2.28. The fraction of sp³-hybridized carbons (Fsp3) is 0.733. The third-order valence-corrected chi connectivity index (χ3v) is 5.00. The smallest absolute Gasteiger partial charge is 0.307 e. The van der Waals surface area contributed by atoms with Crippen LogP contribution in [0.3, 0.4) is 0 Å². The van der Waals surface area contributed by atoms with Gasteiger partial charge in [0.15, 0.2) is 0 Å². The molecular formula is C15H21NO3. The van der Waals surface area contributed by atoms with Crippen LogP contribution in [-0.2, 0) is 9.59 Å². The highest BCUT2D eigenvalue weighted by molar-refractivity contribution is 5.87. The Kier molecular flexibility index (Phi) is 3.33. The van der Waals surface area contributed by atoms with Crippen LogP contribution in [0.2, 0.25) is 0 Å². The number of carbonyl (C=O) groups is 2. The van der Waals surface area contributed by atoms with Gasteiger partial charge in [-0.3, -0.25) is 9.59 Å². The van der Waals surface area contributed by atoms with Gasteiger partial charge < -0.3 is 10.4 Å². The van der Waals surface area contributed by atoms with E-state index < -0.39 is 11.9 Å². The van der Waals surface area contributed by atoms with E-state index in [-0.39, 0.29) is 29.7 Å². The highest BCUT2D eigenvalue weighted by Gasteiger charge is 2.51. The molecule has 0 radical (unpaired) electrons. The summed E-state index contributed by atoms with van der Waals surface area (Å²) in [4.78, 5) is 23.8. The van der Waals surface area contributed by atoms with Gasteiger partial charge in [-0.1, -0.05) is 31.4 Å². The van der Waals surface area contributed by atoms with Crippen molar-refractivity contribution >= 4 is 11.9 Å². The number of hydrogen-bond donors (Lipinski definition) is 2. The van der Waals surface area contributed by atoms with Crippen molar-refractivity contribution in [2.75, 3.05) is 0 Å². The molecule has 104 valence electrons. The zero-order chi connectivity index (χ0) is 13.4. The van der Waals surface area contributed by atoms with E-state index in [4.69, 9.17) is 0 Å². The number of fused-ring (bicyclic) bond motifs is 2. The number of aliphatic carboxylic acids is 1. The number of carboxylic acids is 1. The number of allylic oxidation sites excluding steroid dienone is 2. The first-order valence-electron chi connectivity index (χ1n) is 7.38. The summed E-state index contributed by atoms with van der Waals surface area (Å²) in [5.74, 6) is -1.52. The highest BCUT2D eigenvalue weighted by atomic mass is 16.4. The maximum Gasteiger partial charge on any atom is 0.307 e. The first-order chi connectivity index (χ1) is 9.16. The molecule has 1 amide bonds. The molecule has 2 bridgehead atoms. The Morgan fingerprint density at radius 1 is 1.00 bits per heavy atom. The van der Waals surface area contributed by atoms with Gasteiger partial charge in [-0.05, 0) is 31.1 Å². The molecule has 2 fully saturated rings. The van der Waals surface area contributed by atoms with Gasteiger partial charge >= 0.3 is 5.97 Å². The quantitative estimate of drug-likeness (QED) is 0.765. The van der Waals surface area contributed by atoms with Gasteiger partial charge in [0.2, 0.25) is 5.91 Å². The Morgan fingerprint density at radius 3 is 2.26 bits per heavy atom. The van der Waals surface area contributed by atoms with Crippen molar-refractivity contribution in [2.24, 2.45) is 23.7 Å². The molecular weight excluding hydrogens is 242 g/mol. The Hall–Kier alpha value is -1.32. The average Bonchev–Trinajstić information content (AvgIpc) is 2.99. The van der Waals surface area contributed by atoms with Crippen molar-refractivity contribution in [1.82, 2.24) is 5.32 Å². The zero-order valence-corrected chi connectivity index (χ0v) is 11.0. The number of amides is 1. The lowest BCUT2D eigenvalue weighted by Gasteiger charge is -2.28. The SMILES string of the molecule is O=C(O)C1C2C=CC(C2)C1C(=O)NC1CCCCC1. The van der Waals surface area contributed by atoms with Crippen LogP contribution in [0.25, 0.3) is 0 Å². The standard InChI is InChI=1S/C15H21NO3/c17-14(16-11-4-2-1-3-5-11)12-9-6-7-10(8-9)13(12)15(18)19/h6-7,9-13H,1-5,8H2,(H,16,17)(H,18,19). The lowest BCUT2D eigenvalue weighted by Crippen LogP contribution is -2.45. The topological polar surface area (TPSA) is 66.4 Å². The van der Waals surface area contributed by atoms with Crippen LogP contribution in [0.4, 0.5) is 0 Å². The maximum atomic E-state index is 12.4. The van der Waals surface area contributed by atoms with Crippen LogP contribution in [0.15, 0.2) is 12.2 Å². The molecule has 0 spiro atoms. The van der Waals surface area contributed by atoms with Crippen LogP contribution >= 0.6 is 0 Å². The van der Waals surface area contributed by atoms with Gasteiger partial charge in [0.1, 0.15) is 0 Å². The molecule has 0 aromatic heterocycles. The van der Waals surface area contributed by atoms with Gasteiger partial charge in [0.05, 0.1) is 11.8 Å². The average molecular weight is 263 g/mol. The lowest BCUT2D eigenvalue weighted by atomic mass is 9.82. The van der Waals surface area contributed by atoms with E-state index in [2.05, 4.69) is 5.32 Å². The van der Waals surface area contributed by atoms with Gasteiger partial charge in [-0.25, -0.2) is 0 Å². The largest absolute Gasteiger partial charge is 0.481 e. The number of rotatable bonds is 3. The van der Waals surface area contributed by atoms with Crippen LogP contribution < -0.4 is 5.32 Å². The fourth-order valence-corrected chi connectivity index (χ4v) is 4.06. The van der Waals surface area contributed by atoms with E-state index >= 15 is 0 Å². The minimum Gasteiger partial charge on any atom is -0.481 e. The molecule has 3 aliphatic carbocycles. The van der Waals surface area contributed by atoms with E-state index in [1.54, 1.807) is 0 Å². The number of hydrogen-bond acceptors (Lipinski definition) is 2. The number of carbonyl (C=O) groups excluding carboxylic acids is 1. The summed E-state index contributed by atoms with van der Waals surface area (Å²) in [5.41, 5.74) is 0. The Balaban J connectivity index is 1.68. The molecule has 0 saturated heterocycles. The number of nitrogens with one attached hydrogen (secondary N) is 1. The highest BCUT2D eigenvalue weighted by Crippen LogP contribution is 2.48. The van der Waals surface area contributed by atoms with E-state index in [1.165, 1.54) is 19.3 Å². The van der Waals surface area contributed by atoms with Gasteiger partial charge in [-0.15, -0.1) is 0 Å². The third-order valence-electron chi connectivity index (χ3n) is 5.00. The van der Waals surface area contributed by atoms with Gasteiger partial charge in [0, 0.05) is 6.04 Å². The molecule has 4 nitrogen and oxygen atoms in total. The first kappa shape index (κ1) is 12.7.